The van der Waals surface area contributed by atoms with Crippen molar-refractivity contribution in [1.82, 2.24) is 4.90 Å². The molecule has 0 aromatic carbocycles. The molecule has 1 rings (SSSR count). The van der Waals surface area contributed by atoms with Crippen LogP contribution in [0.1, 0.15) is 52.9 Å². The summed E-state index contributed by atoms with van der Waals surface area (Å²) in [5.41, 5.74) is 5.48. The molecule has 112 valence electrons. The number of hydrogen-bond donors (Lipinski definition) is 1. The molecule has 0 radical (unpaired) electrons. The Kier molecular flexibility index (Phi) is 6.27. The van der Waals surface area contributed by atoms with Crippen LogP contribution in [0.5, 0.6) is 0 Å². The van der Waals surface area contributed by atoms with Gasteiger partial charge in [0.15, 0.2) is 0 Å². The van der Waals surface area contributed by atoms with Crippen LogP contribution in [-0.2, 0) is 9.53 Å². The predicted molar refractivity (Wildman–Crippen MR) is 77.9 cm³/mol. The third-order valence-corrected chi connectivity index (χ3v) is 4.52. The molecule has 3 atom stereocenters. The van der Waals surface area contributed by atoms with Crippen molar-refractivity contribution >= 4 is 5.97 Å². The number of carbonyl (C=O) groups is 1. The number of esters is 1. The smallest absolute Gasteiger partial charge is 0.325 e. The van der Waals surface area contributed by atoms with Gasteiger partial charge in [-0.25, -0.2) is 0 Å². The van der Waals surface area contributed by atoms with Crippen molar-refractivity contribution in [1.29, 1.82) is 0 Å². The van der Waals surface area contributed by atoms with Crippen LogP contribution in [0.3, 0.4) is 0 Å². The van der Waals surface area contributed by atoms with Gasteiger partial charge in [0.2, 0.25) is 0 Å². The van der Waals surface area contributed by atoms with Gasteiger partial charge >= 0.3 is 5.97 Å². The fourth-order valence-electron chi connectivity index (χ4n) is 3.04. The zero-order valence-corrected chi connectivity index (χ0v) is 12.9. The Labute approximate surface area is 117 Å². The maximum atomic E-state index is 11.9. The first-order chi connectivity index (χ1) is 8.96. The third-order valence-electron chi connectivity index (χ3n) is 4.52. The maximum absolute atomic E-state index is 11.9. The van der Waals surface area contributed by atoms with Crippen LogP contribution < -0.4 is 5.73 Å². The quantitative estimate of drug-likeness (QED) is 0.752. The second-order valence-corrected chi connectivity index (χ2v) is 6.00. The van der Waals surface area contributed by atoms with Crippen molar-refractivity contribution in [3.8, 4) is 0 Å². The lowest BCUT2D eigenvalue weighted by atomic mass is 9.79. The predicted octanol–water partition coefficient (Wildman–Crippen LogP) is 2.17. The summed E-state index contributed by atoms with van der Waals surface area (Å²) in [5, 5.41) is 0. The molecule has 0 aromatic rings. The first-order valence-electron chi connectivity index (χ1n) is 7.58. The maximum Gasteiger partial charge on any atom is 0.325 e. The Morgan fingerprint density at radius 1 is 1.53 bits per heavy atom. The van der Waals surface area contributed by atoms with Crippen molar-refractivity contribution in [3.63, 3.8) is 0 Å². The largest absolute Gasteiger partial charge is 0.468 e. The van der Waals surface area contributed by atoms with E-state index in [0.717, 1.165) is 38.8 Å². The van der Waals surface area contributed by atoms with Gasteiger partial charge in [0.25, 0.3) is 0 Å². The van der Waals surface area contributed by atoms with E-state index >= 15 is 0 Å². The summed E-state index contributed by atoms with van der Waals surface area (Å²) < 4.78 is 4.87. The standard InChI is InChI=1S/C15H30N2O2/c1-5-12(3)11-17(6-2)13-8-7-9-15(16,10-13)14(18)19-4/h12-13H,5-11,16H2,1-4H3. The zero-order valence-electron chi connectivity index (χ0n) is 12.9. The Balaban J connectivity index is 2.69. The van der Waals surface area contributed by atoms with Crippen LogP contribution in [0.25, 0.3) is 0 Å². The highest BCUT2D eigenvalue weighted by molar-refractivity contribution is 5.80. The number of rotatable bonds is 6. The molecule has 1 aliphatic rings. The molecule has 4 nitrogen and oxygen atoms in total. The third kappa shape index (κ3) is 4.18. The minimum atomic E-state index is -0.777. The van der Waals surface area contributed by atoms with E-state index in [1.165, 1.54) is 13.5 Å². The Bertz CT molecular complexity index is 296. The van der Waals surface area contributed by atoms with Crippen molar-refractivity contribution < 1.29 is 9.53 Å². The van der Waals surface area contributed by atoms with Gasteiger partial charge in [0.05, 0.1) is 7.11 Å². The fraction of sp³-hybridized carbons (Fsp3) is 0.933. The van der Waals surface area contributed by atoms with Crippen molar-refractivity contribution in [2.75, 3.05) is 20.2 Å². The molecular weight excluding hydrogens is 240 g/mol. The first kappa shape index (κ1) is 16.4. The average molecular weight is 270 g/mol. The van der Waals surface area contributed by atoms with E-state index in [4.69, 9.17) is 10.5 Å². The minimum Gasteiger partial charge on any atom is -0.468 e. The molecule has 1 aliphatic carbocycles. The van der Waals surface area contributed by atoms with Gasteiger partial charge in [-0.1, -0.05) is 27.2 Å². The van der Waals surface area contributed by atoms with E-state index in [9.17, 15) is 4.79 Å². The number of nitrogens with zero attached hydrogens (tertiary/aromatic N) is 1. The van der Waals surface area contributed by atoms with Crippen LogP contribution in [0.4, 0.5) is 0 Å². The summed E-state index contributed by atoms with van der Waals surface area (Å²) >= 11 is 0. The molecule has 3 unspecified atom stereocenters. The van der Waals surface area contributed by atoms with E-state index in [1.807, 2.05) is 0 Å². The van der Waals surface area contributed by atoms with E-state index in [1.54, 1.807) is 0 Å². The highest BCUT2D eigenvalue weighted by atomic mass is 16.5. The second-order valence-electron chi connectivity index (χ2n) is 6.00. The van der Waals surface area contributed by atoms with E-state index in [-0.39, 0.29) is 5.97 Å². The van der Waals surface area contributed by atoms with Gasteiger partial charge in [-0.2, -0.15) is 0 Å². The van der Waals surface area contributed by atoms with Gasteiger partial charge in [-0.3, -0.25) is 4.79 Å². The first-order valence-corrected chi connectivity index (χ1v) is 7.58. The lowest BCUT2D eigenvalue weighted by Crippen LogP contribution is -2.56. The molecule has 0 bridgehead atoms. The lowest BCUT2D eigenvalue weighted by molar-refractivity contribution is -0.149. The number of ether oxygens (including phenoxy) is 1. The number of hydrogen-bond acceptors (Lipinski definition) is 4. The molecule has 0 heterocycles. The SMILES string of the molecule is CCC(C)CN(CC)C1CCCC(N)(C(=O)OC)C1. The number of nitrogens with two attached hydrogens (primary N) is 1. The summed E-state index contributed by atoms with van der Waals surface area (Å²) in [6.45, 7) is 8.80. The fourth-order valence-corrected chi connectivity index (χ4v) is 3.04. The summed E-state index contributed by atoms with van der Waals surface area (Å²) in [6, 6.07) is 0.414. The van der Waals surface area contributed by atoms with E-state index in [0.29, 0.717) is 12.0 Å². The molecule has 0 amide bonds. The number of methoxy groups -OCH3 is 1. The molecule has 4 heteroatoms. The Hall–Kier alpha value is -0.610. The summed E-state index contributed by atoms with van der Waals surface area (Å²) in [7, 11) is 1.43. The molecule has 0 spiro atoms. The molecule has 2 N–H and O–H groups in total. The number of carbonyl (C=O) groups excluding carboxylic acids is 1. The average Bonchev–Trinajstić information content (AvgIpc) is 2.43. The Morgan fingerprint density at radius 3 is 2.74 bits per heavy atom. The van der Waals surface area contributed by atoms with Crippen molar-refractivity contribution in [2.45, 2.75) is 64.5 Å². The molecule has 0 aliphatic heterocycles. The van der Waals surface area contributed by atoms with Crippen molar-refractivity contribution in [2.24, 2.45) is 11.7 Å². The zero-order chi connectivity index (χ0) is 14.5. The summed E-state index contributed by atoms with van der Waals surface area (Å²) in [4.78, 5) is 14.3. The van der Waals surface area contributed by atoms with Crippen LogP contribution in [0.15, 0.2) is 0 Å². The molecule has 1 fully saturated rings. The second kappa shape index (κ2) is 7.25. The summed E-state index contributed by atoms with van der Waals surface area (Å²) in [5.74, 6) is 0.434. The van der Waals surface area contributed by atoms with Gasteiger partial charge in [-0.05, 0) is 38.1 Å². The molecular formula is C15H30N2O2. The lowest BCUT2D eigenvalue weighted by Gasteiger charge is -2.41. The molecule has 1 saturated carbocycles. The highest BCUT2D eigenvalue weighted by Crippen LogP contribution is 2.31. The van der Waals surface area contributed by atoms with Crippen LogP contribution in [-0.4, -0.2) is 42.6 Å². The topological polar surface area (TPSA) is 55.6 Å². The van der Waals surface area contributed by atoms with Gasteiger partial charge < -0.3 is 15.4 Å². The van der Waals surface area contributed by atoms with Crippen LogP contribution in [0.2, 0.25) is 0 Å². The normalized spacial score (nSPS) is 29.3. The molecule has 19 heavy (non-hydrogen) atoms. The Morgan fingerprint density at radius 2 is 2.21 bits per heavy atom. The minimum absolute atomic E-state index is 0.253. The molecule has 0 aromatic heterocycles. The van der Waals surface area contributed by atoms with Crippen LogP contribution in [0, 0.1) is 5.92 Å². The highest BCUT2D eigenvalue weighted by Gasteiger charge is 2.41. The van der Waals surface area contributed by atoms with Crippen molar-refractivity contribution in [3.05, 3.63) is 0 Å². The van der Waals surface area contributed by atoms with Gasteiger partial charge in [0.1, 0.15) is 5.54 Å². The van der Waals surface area contributed by atoms with Gasteiger partial charge in [-0.15, -0.1) is 0 Å². The van der Waals surface area contributed by atoms with E-state index < -0.39 is 5.54 Å². The molecule has 0 saturated heterocycles. The van der Waals surface area contributed by atoms with E-state index in [2.05, 4.69) is 25.7 Å². The monoisotopic (exact) mass is 270 g/mol. The van der Waals surface area contributed by atoms with Gasteiger partial charge in [0, 0.05) is 12.6 Å². The van der Waals surface area contributed by atoms with Crippen LogP contribution >= 0.6 is 0 Å². The summed E-state index contributed by atoms with van der Waals surface area (Å²) in [6.07, 6.45) is 4.81.